The minimum absolute atomic E-state index is 0.0179. The second kappa shape index (κ2) is 7.29. The number of aromatic nitrogens is 1. The van der Waals surface area contributed by atoms with E-state index < -0.39 is 0 Å². The smallest absolute Gasteiger partial charge is 0.337 e. The maximum Gasteiger partial charge on any atom is 0.337 e. The molecule has 27 heavy (non-hydrogen) atoms. The van der Waals surface area contributed by atoms with Gasteiger partial charge in [-0.25, -0.2) is 4.79 Å². The Labute approximate surface area is 158 Å². The van der Waals surface area contributed by atoms with Gasteiger partial charge in [0, 0.05) is 37.3 Å². The highest BCUT2D eigenvalue weighted by Crippen LogP contribution is 2.41. The van der Waals surface area contributed by atoms with Crippen molar-refractivity contribution in [3.05, 3.63) is 69.6 Å². The number of hydrogen-bond acceptors (Lipinski definition) is 5. The van der Waals surface area contributed by atoms with Crippen LogP contribution in [0, 0.1) is 5.92 Å². The fourth-order valence-electron chi connectivity index (χ4n) is 4.62. The molecule has 1 N–H and O–H groups in total. The topological polar surface area (TPSA) is 71.8 Å². The largest absolute Gasteiger partial charge is 0.465 e. The van der Waals surface area contributed by atoms with Gasteiger partial charge in [0.15, 0.2) is 0 Å². The number of aliphatic hydroxyl groups excluding tert-OH is 1. The molecule has 0 radical (unpaired) electrons. The van der Waals surface area contributed by atoms with E-state index in [1.165, 1.54) is 7.11 Å². The third-order valence-corrected chi connectivity index (χ3v) is 5.84. The van der Waals surface area contributed by atoms with Gasteiger partial charge in [0.25, 0.3) is 5.56 Å². The van der Waals surface area contributed by atoms with Gasteiger partial charge in [-0.15, -0.1) is 0 Å². The predicted molar refractivity (Wildman–Crippen MR) is 101 cm³/mol. The zero-order chi connectivity index (χ0) is 19.0. The second-order valence-corrected chi connectivity index (χ2v) is 7.48. The minimum atomic E-state index is -0.332. The molecule has 1 saturated heterocycles. The van der Waals surface area contributed by atoms with Gasteiger partial charge >= 0.3 is 5.97 Å². The van der Waals surface area contributed by atoms with E-state index in [9.17, 15) is 14.7 Å². The lowest BCUT2D eigenvalue weighted by Gasteiger charge is -2.46. The first-order valence-electron chi connectivity index (χ1n) is 9.32. The van der Waals surface area contributed by atoms with Gasteiger partial charge in [-0.1, -0.05) is 18.2 Å². The number of aliphatic hydroxyl groups is 1. The second-order valence-electron chi connectivity index (χ2n) is 7.48. The number of hydrogen-bond donors (Lipinski definition) is 1. The molecule has 0 amide bonds. The van der Waals surface area contributed by atoms with Gasteiger partial charge < -0.3 is 14.4 Å². The first-order valence-corrected chi connectivity index (χ1v) is 9.32. The quantitative estimate of drug-likeness (QED) is 0.833. The van der Waals surface area contributed by atoms with Crippen molar-refractivity contribution in [1.82, 2.24) is 9.47 Å². The van der Waals surface area contributed by atoms with Crippen molar-refractivity contribution in [3.63, 3.8) is 0 Å². The van der Waals surface area contributed by atoms with Crippen LogP contribution in [0.5, 0.6) is 0 Å². The van der Waals surface area contributed by atoms with Crippen LogP contribution in [0.2, 0.25) is 0 Å². The Kier molecular flexibility index (Phi) is 4.85. The van der Waals surface area contributed by atoms with Crippen LogP contribution in [0.1, 0.15) is 40.0 Å². The monoisotopic (exact) mass is 368 g/mol. The summed E-state index contributed by atoms with van der Waals surface area (Å²) >= 11 is 0. The lowest BCUT2D eigenvalue weighted by molar-refractivity contribution is 0.0580. The van der Waals surface area contributed by atoms with Gasteiger partial charge in [-0.2, -0.15) is 0 Å². The number of methoxy groups -OCH3 is 1. The van der Waals surface area contributed by atoms with Gasteiger partial charge in [0.05, 0.1) is 25.3 Å². The summed E-state index contributed by atoms with van der Waals surface area (Å²) in [6.07, 6.45) is 1.01. The van der Waals surface area contributed by atoms with Crippen molar-refractivity contribution >= 4 is 5.97 Å². The van der Waals surface area contributed by atoms with E-state index >= 15 is 0 Å². The van der Waals surface area contributed by atoms with E-state index in [-0.39, 0.29) is 30.1 Å². The molecule has 2 bridgehead atoms. The molecule has 1 aromatic heterocycles. The molecule has 4 rings (SSSR count). The summed E-state index contributed by atoms with van der Waals surface area (Å²) in [7, 11) is 1.38. The average molecular weight is 368 g/mol. The van der Waals surface area contributed by atoms with Gasteiger partial charge in [0.1, 0.15) is 0 Å². The van der Waals surface area contributed by atoms with E-state index in [0.717, 1.165) is 37.3 Å². The van der Waals surface area contributed by atoms with Gasteiger partial charge in [-0.05, 0) is 36.1 Å². The number of pyridine rings is 1. The molecule has 0 aliphatic carbocycles. The summed E-state index contributed by atoms with van der Waals surface area (Å²) in [5, 5.41) is 9.93. The summed E-state index contributed by atoms with van der Waals surface area (Å²) in [6, 6.07) is 12.7. The first-order chi connectivity index (χ1) is 13.1. The van der Waals surface area contributed by atoms with Crippen molar-refractivity contribution in [2.75, 3.05) is 26.8 Å². The molecule has 0 spiro atoms. The molecule has 2 aliphatic rings. The summed E-state index contributed by atoms with van der Waals surface area (Å²) in [6.45, 7) is 2.50. The maximum absolute atomic E-state index is 12.3. The molecule has 3 atom stereocenters. The number of likely N-dealkylation sites (tertiary alicyclic amines) is 1. The van der Waals surface area contributed by atoms with Crippen LogP contribution in [0.3, 0.4) is 0 Å². The Hall–Kier alpha value is -2.44. The molecule has 3 heterocycles. The Morgan fingerprint density at radius 2 is 1.96 bits per heavy atom. The summed E-state index contributed by atoms with van der Waals surface area (Å²) in [4.78, 5) is 26.3. The normalized spacial score (nSPS) is 24.3. The molecule has 1 aromatic carbocycles. The van der Waals surface area contributed by atoms with Crippen LogP contribution in [0.25, 0.3) is 0 Å². The summed E-state index contributed by atoms with van der Waals surface area (Å²) in [5.74, 6) is 0.229. The number of piperidine rings is 1. The van der Waals surface area contributed by atoms with E-state index in [1.54, 1.807) is 22.8 Å². The molecule has 6 heteroatoms. The lowest BCUT2D eigenvalue weighted by atomic mass is 9.78. The Morgan fingerprint density at radius 3 is 2.67 bits per heavy atom. The van der Waals surface area contributed by atoms with Gasteiger partial charge in [-0.3, -0.25) is 9.69 Å². The summed E-state index contributed by atoms with van der Waals surface area (Å²) < 4.78 is 6.55. The molecule has 1 fully saturated rings. The fraction of sp³-hybridized carbons (Fsp3) is 0.429. The number of carbonyl (C=O) groups is 1. The van der Waals surface area contributed by atoms with E-state index in [4.69, 9.17) is 4.74 Å². The van der Waals surface area contributed by atoms with Crippen LogP contribution in [-0.4, -0.2) is 47.3 Å². The summed E-state index contributed by atoms with van der Waals surface area (Å²) in [5.41, 5.74) is 2.69. The molecule has 2 aromatic rings. The fourth-order valence-corrected chi connectivity index (χ4v) is 4.62. The Bertz CT molecular complexity index is 890. The molecule has 6 nitrogen and oxygen atoms in total. The Balaban J connectivity index is 1.55. The average Bonchev–Trinajstić information content (AvgIpc) is 2.69. The third-order valence-electron chi connectivity index (χ3n) is 5.84. The molecule has 2 aliphatic heterocycles. The van der Waals surface area contributed by atoms with Crippen LogP contribution >= 0.6 is 0 Å². The molecular formula is C21H24N2O4. The minimum Gasteiger partial charge on any atom is -0.465 e. The van der Waals surface area contributed by atoms with Crippen LogP contribution in [0.4, 0.5) is 0 Å². The Morgan fingerprint density at radius 1 is 1.19 bits per heavy atom. The zero-order valence-electron chi connectivity index (χ0n) is 15.4. The number of fused-ring (bicyclic) bond motifs is 4. The maximum atomic E-state index is 12.3. The van der Waals surface area contributed by atoms with Crippen molar-refractivity contribution in [2.45, 2.75) is 24.9 Å². The van der Waals surface area contributed by atoms with E-state index in [0.29, 0.717) is 11.5 Å². The number of esters is 1. The number of benzene rings is 1. The molecular weight excluding hydrogens is 344 g/mol. The third kappa shape index (κ3) is 3.31. The van der Waals surface area contributed by atoms with Crippen molar-refractivity contribution in [2.24, 2.45) is 5.92 Å². The van der Waals surface area contributed by atoms with Crippen molar-refractivity contribution < 1.29 is 14.6 Å². The van der Waals surface area contributed by atoms with Crippen LogP contribution in [-0.2, 0) is 11.3 Å². The van der Waals surface area contributed by atoms with Crippen LogP contribution < -0.4 is 5.56 Å². The SMILES string of the molecule is COC(=O)c1ccc(CN2C[C@H]3C[C@@H](C2)[C@H](CO)n2c3cccc2=O)cc1. The molecule has 142 valence electrons. The molecule has 0 saturated carbocycles. The van der Waals surface area contributed by atoms with Crippen molar-refractivity contribution in [3.8, 4) is 0 Å². The van der Waals surface area contributed by atoms with Crippen LogP contribution in [0.15, 0.2) is 47.3 Å². The number of ether oxygens (including phenoxy) is 1. The highest BCUT2D eigenvalue weighted by Gasteiger charge is 2.40. The van der Waals surface area contributed by atoms with Crippen molar-refractivity contribution in [1.29, 1.82) is 0 Å². The van der Waals surface area contributed by atoms with E-state index in [1.807, 2.05) is 24.3 Å². The lowest BCUT2D eigenvalue weighted by Crippen LogP contribution is -2.50. The predicted octanol–water partition coefficient (Wildman–Crippen LogP) is 1.79. The molecule has 0 unspecified atom stereocenters. The zero-order valence-corrected chi connectivity index (χ0v) is 15.4. The standard InChI is InChI=1S/C21H24N2O4/c1-27-21(26)15-7-5-14(6-8-15)10-22-11-16-9-17(12-22)19(13-24)23-18(16)3-2-4-20(23)25/h2-8,16-17,19,24H,9-13H2,1H3/t16-,17+,19+/m1/s1. The number of rotatable bonds is 4. The number of nitrogens with zero attached hydrogens (tertiary/aromatic N) is 2. The highest BCUT2D eigenvalue weighted by atomic mass is 16.5. The first kappa shape index (κ1) is 17.9. The van der Waals surface area contributed by atoms with Gasteiger partial charge in [0.2, 0.25) is 0 Å². The highest BCUT2D eigenvalue weighted by molar-refractivity contribution is 5.89. The van der Waals surface area contributed by atoms with E-state index in [2.05, 4.69) is 4.90 Å². The number of carbonyl (C=O) groups excluding carboxylic acids is 1.